The number of amides is 1. The van der Waals surface area contributed by atoms with E-state index in [1.54, 1.807) is 0 Å². The smallest absolute Gasteiger partial charge is 0.233 e. The molecule has 30 heavy (non-hydrogen) atoms. The number of thioether (sulfide) groups is 1. The SMILES string of the molecule is CCc1nc2sc3c(c2c2nnc(SCC(=O)N(C(C)C)C(C)C)n12)CCC(C)C3. The van der Waals surface area contributed by atoms with E-state index in [1.165, 1.54) is 34.0 Å². The monoisotopic (exact) mass is 445 g/mol. The number of carbonyl (C=O) groups is 1. The highest BCUT2D eigenvalue weighted by atomic mass is 32.2. The van der Waals surface area contributed by atoms with Crippen molar-refractivity contribution in [3.8, 4) is 0 Å². The molecule has 0 fully saturated rings. The predicted molar refractivity (Wildman–Crippen MR) is 125 cm³/mol. The normalized spacial score (nSPS) is 16.7. The summed E-state index contributed by atoms with van der Waals surface area (Å²) in [6.45, 7) is 12.7. The van der Waals surface area contributed by atoms with Gasteiger partial charge < -0.3 is 4.90 Å². The second-order valence-corrected chi connectivity index (χ2v) is 10.9. The van der Waals surface area contributed by atoms with Crippen molar-refractivity contribution >= 4 is 44.9 Å². The summed E-state index contributed by atoms with van der Waals surface area (Å²) in [7, 11) is 0. The molecule has 1 atom stereocenters. The zero-order valence-corrected chi connectivity index (χ0v) is 20.4. The second-order valence-electron chi connectivity index (χ2n) is 8.83. The lowest BCUT2D eigenvalue weighted by Crippen LogP contribution is -2.43. The van der Waals surface area contributed by atoms with Gasteiger partial charge in [0.15, 0.2) is 10.8 Å². The average molecular weight is 446 g/mol. The lowest BCUT2D eigenvalue weighted by molar-refractivity contribution is -0.131. The van der Waals surface area contributed by atoms with Crippen molar-refractivity contribution in [3.05, 3.63) is 16.3 Å². The number of carbonyl (C=O) groups excluding carboxylic acids is 1. The summed E-state index contributed by atoms with van der Waals surface area (Å²) in [5.41, 5.74) is 2.32. The van der Waals surface area contributed by atoms with Gasteiger partial charge in [0.25, 0.3) is 0 Å². The van der Waals surface area contributed by atoms with Gasteiger partial charge in [-0.3, -0.25) is 9.20 Å². The fraction of sp³-hybridized carbons (Fsp3) is 0.636. The maximum atomic E-state index is 12.8. The summed E-state index contributed by atoms with van der Waals surface area (Å²) in [5, 5.41) is 11.0. The average Bonchev–Trinajstić information content (AvgIpc) is 3.25. The fourth-order valence-electron chi connectivity index (χ4n) is 4.58. The molecule has 0 radical (unpaired) electrons. The van der Waals surface area contributed by atoms with Gasteiger partial charge >= 0.3 is 0 Å². The zero-order chi connectivity index (χ0) is 21.6. The number of rotatable bonds is 6. The molecule has 0 spiro atoms. The Balaban J connectivity index is 1.72. The Morgan fingerprint density at radius 3 is 2.67 bits per heavy atom. The van der Waals surface area contributed by atoms with E-state index in [2.05, 4.69) is 56.1 Å². The number of aromatic nitrogens is 4. The van der Waals surface area contributed by atoms with E-state index in [4.69, 9.17) is 4.98 Å². The minimum absolute atomic E-state index is 0.135. The van der Waals surface area contributed by atoms with Crippen LogP contribution in [-0.2, 0) is 24.1 Å². The van der Waals surface area contributed by atoms with Crippen LogP contribution in [0.3, 0.4) is 0 Å². The Hall–Kier alpha value is -1.67. The van der Waals surface area contributed by atoms with Crippen molar-refractivity contribution in [3.63, 3.8) is 0 Å². The van der Waals surface area contributed by atoms with Gasteiger partial charge in [0.1, 0.15) is 10.7 Å². The summed E-state index contributed by atoms with van der Waals surface area (Å²) >= 11 is 3.29. The van der Waals surface area contributed by atoms with E-state index in [1.807, 2.05) is 16.2 Å². The Labute approximate surface area is 186 Å². The summed E-state index contributed by atoms with van der Waals surface area (Å²) in [6, 6.07) is 0.362. The molecule has 1 aliphatic carbocycles. The lowest BCUT2D eigenvalue weighted by atomic mass is 9.89. The number of hydrogen-bond donors (Lipinski definition) is 0. The lowest BCUT2D eigenvalue weighted by Gasteiger charge is -2.30. The Bertz CT molecular complexity index is 1080. The summed E-state index contributed by atoms with van der Waals surface area (Å²) in [4.78, 5) is 22.3. The Morgan fingerprint density at radius 2 is 2.00 bits per heavy atom. The second kappa shape index (κ2) is 8.46. The van der Waals surface area contributed by atoms with Crippen LogP contribution < -0.4 is 0 Å². The topological polar surface area (TPSA) is 63.4 Å². The molecule has 1 amide bonds. The van der Waals surface area contributed by atoms with E-state index in [0.29, 0.717) is 5.75 Å². The molecule has 0 aliphatic heterocycles. The molecule has 0 N–H and O–H groups in total. The number of fused-ring (bicyclic) bond motifs is 5. The minimum atomic E-state index is 0.135. The van der Waals surface area contributed by atoms with Gasteiger partial charge in [-0.2, -0.15) is 0 Å². The highest BCUT2D eigenvalue weighted by molar-refractivity contribution is 7.99. The molecule has 0 saturated heterocycles. The molecule has 8 heteroatoms. The minimum Gasteiger partial charge on any atom is -0.337 e. The van der Waals surface area contributed by atoms with E-state index in [0.717, 1.165) is 46.6 Å². The van der Waals surface area contributed by atoms with Gasteiger partial charge in [0.2, 0.25) is 5.91 Å². The third-order valence-corrected chi connectivity index (χ3v) is 7.94. The first-order valence-corrected chi connectivity index (χ1v) is 12.7. The van der Waals surface area contributed by atoms with E-state index in [-0.39, 0.29) is 18.0 Å². The number of aryl methyl sites for hydroxylation is 2. The molecule has 6 nitrogen and oxygen atoms in total. The molecule has 4 rings (SSSR count). The van der Waals surface area contributed by atoms with Crippen molar-refractivity contribution in [1.29, 1.82) is 0 Å². The van der Waals surface area contributed by atoms with Crippen LogP contribution in [-0.4, -0.2) is 48.2 Å². The maximum Gasteiger partial charge on any atom is 0.233 e. The first kappa shape index (κ1) is 21.6. The third kappa shape index (κ3) is 3.73. The predicted octanol–water partition coefficient (Wildman–Crippen LogP) is 4.76. The van der Waals surface area contributed by atoms with Crippen LogP contribution >= 0.6 is 23.1 Å². The summed E-state index contributed by atoms with van der Waals surface area (Å²) in [5.74, 6) is 2.19. The van der Waals surface area contributed by atoms with Gasteiger partial charge in [-0.05, 0) is 58.4 Å². The van der Waals surface area contributed by atoms with E-state index in [9.17, 15) is 4.79 Å². The highest BCUT2D eigenvalue weighted by Crippen LogP contribution is 2.39. The maximum absolute atomic E-state index is 12.8. The first-order chi connectivity index (χ1) is 14.3. The van der Waals surface area contributed by atoms with Crippen LogP contribution in [0.4, 0.5) is 0 Å². The largest absolute Gasteiger partial charge is 0.337 e. The molecule has 3 heterocycles. The molecule has 1 unspecified atom stereocenters. The highest BCUT2D eigenvalue weighted by Gasteiger charge is 2.26. The van der Waals surface area contributed by atoms with Crippen molar-refractivity contribution in [2.45, 2.75) is 84.5 Å². The fourth-order valence-corrected chi connectivity index (χ4v) is 6.80. The van der Waals surface area contributed by atoms with Crippen LogP contribution in [0.15, 0.2) is 5.16 Å². The van der Waals surface area contributed by atoms with Gasteiger partial charge in [0, 0.05) is 23.4 Å². The summed E-state index contributed by atoms with van der Waals surface area (Å²) < 4.78 is 2.08. The van der Waals surface area contributed by atoms with Crippen molar-refractivity contribution in [2.75, 3.05) is 5.75 Å². The molecule has 162 valence electrons. The number of nitrogens with zero attached hydrogens (tertiary/aromatic N) is 5. The zero-order valence-electron chi connectivity index (χ0n) is 18.7. The van der Waals surface area contributed by atoms with Crippen LogP contribution in [0.1, 0.15) is 64.2 Å². The van der Waals surface area contributed by atoms with Crippen molar-refractivity contribution in [1.82, 2.24) is 24.5 Å². The molecule has 1 aliphatic rings. The molecule has 3 aromatic heterocycles. The van der Waals surface area contributed by atoms with Gasteiger partial charge in [-0.25, -0.2) is 4.98 Å². The van der Waals surface area contributed by atoms with E-state index < -0.39 is 0 Å². The number of thiophene rings is 1. The Morgan fingerprint density at radius 1 is 1.27 bits per heavy atom. The molecular weight excluding hydrogens is 414 g/mol. The molecule has 3 aromatic rings. The van der Waals surface area contributed by atoms with Crippen molar-refractivity contribution in [2.24, 2.45) is 5.92 Å². The van der Waals surface area contributed by atoms with Crippen LogP contribution in [0, 0.1) is 5.92 Å². The standard InChI is InChI=1S/C22H31N5OS2/c1-7-17-23-21-19(15-9-8-14(6)10-16(15)30-21)20-24-25-22(27(17)20)29-11-18(28)26(12(2)3)13(4)5/h12-14H,7-11H2,1-6H3. The van der Waals surface area contributed by atoms with Gasteiger partial charge in [-0.1, -0.05) is 25.6 Å². The van der Waals surface area contributed by atoms with Crippen LogP contribution in [0.5, 0.6) is 0 Å². The molecule has 0 bridgehead atoms. The third-order valence-electron chi connectivity index (χ3n) is 5.88. The van der Waals surface area contributed by atoms with E-state index >= 15 is 0 Å². The van der Waals surface area contributed by atoms with Gasteiger partial charge in [-0.15, -0.1) is 21.5 Å². The Kier molecular flexibility index (Phi) is 6.08. The van der Waals surface area contributed by atoms with Crippen LogP contribution in [0.25, 0.3) is 15.9 Å². The van der Waals surface area contributed by atoms with Gasteiger partial charge in [0.05, 0.1) is 11.1 Å². The molecule has 0 saturated carbocycles. The molecule has 0 aromatic carbocycles. The molecular formula is C22H31N5OS2. The number of hydrogen-bond acceptors (Lipinski definition) is 6. The first-order valence-electron chi connectivity index (χ1n) is 10.9. The van der Waals surface area contributed by atoms with Crippen LogP contribution in [0.2, 0.25) is 0 Å². The summed E-state index contributed by atoms with van der Waals surface area (Å²) in [6.07, 6.45) is 4.24. The quantitative estimate of drug-likeness (QED) is 0.512. The van der Waals surface area contributed by atoms with Crippen molar-refractivity contribution < 1.29 is 4.79 Å².